The number of fused-ring (bicyclic) bond motifs is 1. The molecular formula is C25H27N3O6S. The lowest BCUT2D eigenvalue weighted by Gasteiger charge is -2.23. The Labute approximate surface area is 205 Å². The summed E-state index contributed by atoms with van der Waals surface area (Å²) in [7, 11) is 1.30. The number of carbonyl (C=O) groups excluding carboxylic acids is 1. The molecule has 0 aliphatic carbocycles. The second-order valence-corrected chi connectivity index (χ2v) is 9.14. The number of carbonyl (C=O) groups is 1. The topological polar surface area (TPSA) is 118 Å². The minimum atomic E-state index is -0.765. The van der Waals surface area contributed by atoms with E-state index in [4.69, 9.17) is 13.9 Å². The molecule has 0 aliphatic heterocycles. The van der Waals surface area contributed by atoms with Crippen LogP contribution in [0.5, 0.6) is 0 Å². The number of aryl methyl sites for hydroxylation is 1. The van der Waals surface area contributed by atoms with Gasteiger partial charge in [0.1, 0.15) is 21.3 Å². The third kappa shape index (κ3) is 6.23. The zero-order valence-corrected chi connectivity index (χ0v) is 20.3. The summed E-state index contributed by atoms with van der Waals surface area (Å²) in [4.78, 5) is 35.0. The third-order valence-corrected chi connectivity index (χ3v) is 6.61. The van der Waals surface area contributed by atoms with Crippen molar-refractivity contribution in [1.82, 2.24) is 14.9 Å². The van der Waals surface area contributed by atoms with Gasteiger partial charge in [0.15, 0.2) is 0 Å². The molecule has 10 heteroatoms. The first kappa shape index (κ1) is 24.8. The van der Waals surface area contributed by atoms with Crippen LogP contribution >= 0.6 is 11.3 Å². The number of thiophene rings is 1. The maximum absolute atomic E-state index is 12.8. The van der Waals surface area contributed by atoms with Crippen molar-refractivity contribution in [3.8, 4) is 0 Å². The average molecular weight is 498 g/mol. The molecule has 0 bridgehead atoms. The Bertz CT molecular complexity index is 1320. The molecule has 1 atom stereocenters. The number of benzene rings is 1. The zero-order valence-electron chi connectivity index (χ0n) is 19.5. The molecule has 0 radical (unpaired) electrons. The van der Waals surface area contributed by atoms with Gasteiger partial charge in [-0.2, -0.15) is 0 Å². The first-order chi connectivity index (χ1) is 16.9. The summed E-state index contributed by atoms with van der Waals surface area (Å²) in [6.07, 6.45) is 0.820. The highest BCUT2D eigenvalue weighted by Gasteiger charge is 2.21. The highest BCUT2D eigenvalue weighted by atomic mass is 32.1. The molecule has 4 aromatic rings. The number of hydrogen-bond acceptors (Lipinski definition) is 9. The molecule has 0 spiro atoms. The van der Waals surface area contributed by atoms with Gasteiger partial charge in [-0.3, -0.25) is 9.69 Å². The Morgan fingerprint density at radius 3 is 2.74 bits per heavy atom. The first-order valence-corrected chi connectivity index (χ1v) is 11.9. The number of aromatic amines is 1. The summed E-state index contributed by atoms with van der Waals surface area (Å²) in [6, 6.07) is 13.4. The molecular weight excluding hydrogens is 470 g/mol. The van der Waals surface area contributed by atoms with Gasteiger partial charge in [-0.05, 0) is 30.2 Å². The zero-order chi connectivity index (χ0) is 24.8. The molecule has 2 N–H and O–H groups in total. The van der Waals surface area contributed by atoms with Gasteiger partial charge >= 0.3 is 5.97 Å². The van der Waals surface area contributed by atoms with Crippen LogP contribution in [0.2, 0.25) is 0 Å². The van der Waals surface area contributed by atoms with Gasteiger partial charge in [0.25, 0.3) is 5.56 Å². The van der Waals surface area contributed by atoms with Crippen molar-refractivity contribution in [2.45, 2.75) is 32.7 Å². The van der Waals surface area contributed by atoms with E-state index in [0.29, 0.717) is 45.4 Å². The molecule has 0 saturated carbocycles. The molecule has 3 aromatic heterocycles. The van der Waals surface area contributed by atoms with Gasteiger partial charge in [-0.25, -0.2) is 9.78 Å². The van der Waals surface area contributed by atoms with Crippen molar-refractivity contribution in [2.24, 2.45) is 0 Å². The number of nitrogens with one attached hydrogen (secondary N) is 1. The van der Waals surface area contributed by atoms with E-state index < -0.39 is 12.1 Å². The number of nitrogens with zero attached hydrogens (tertiary/aromatic N) is 2. The molecule has 35 heavy (non-hydrogen) atoms. The number of methoxy groups -OCH3 is 1. The van der Waals surface area contributed by atoms with Crippen molar-refractivity contribution in [2.75, 3.05) is 20.3 Å². The fraction of sp³-hybridized carbons (Fsp3) is 0.320. The predicted octanol–water partition coefficient (Wildman–Crippen LogP) is 3.25. The van der Waals surface area contributed by atoms with Gasteiger partial charge in [0.05, 0.1) is 51.2 Å². The van der Waals surface area contributed by atoms with Gasteiger partial charge < -0.3 is 24.0 Å². The third-order valence-electron chi connectivity index (χ3n) is 5.44. The number of rotatable bonds is 11. The summed E-state index contributed by atoms with van der Waals surface area (Å²) in [5, 5.41) is 11.0. The van der Waals surface area contributed by atoms with Crippen LogP contribution in [0.1, 0.15) is 32.4 Å². The summed E-state index contributed by atoms with van der Waals surface area (Å²) < 4.78 is 16.0. The number of furan rings is 1. The van der Waals surface area contributed by atoms with E-state index in [1.807, 2.05) is 41.3 Å². The number of hydrogen-bond donors (Lipinski definition) is 2. The van der Waals surface area contributed by atoms with Crippen LogP contribution < -0.4 is 5.56 Å². The molecule has 0 saturated heterocycles. The number of aromatic nitrogens is 2. The van der Waals surface area contributed by atoms with Crippen molar-refractivity contribution >= 4 is 27.5 Å². The Kier molecular flexibility index (Phi) is 8.09. The van der Waals surface area contributed by atoms with Gasteiger partial charge in [0.2, 0.25) is 0 Å². The van der Waals surface area contributed by atoms with Crippen LogP contribution in [0.3, 0.4) is 0 Å². The maximum atomic E-state index is 12.8. The van der Waals surface area contributed by atoms with Crippen LogP contribution in [0, 0.1) is 6.92 Å². The van der Waals surface area contributed by atoms with E-state index in [1.165, 1.54) is 7.11 Å². The number of esters is 1. The Balaban J connectivity index is 1.48. The Hall–Kier alpha value is -3.31. The molecule has 0 unspecified atom stereocenters. The monoisotopic (exact) mass is 497 g/mol. The van der Waals surface area contributed by atoms with Crippen molar-refractivity contribution < 1.29 is 23.8 Å². The molecule has 0 aliphatic rings. The molecule has 184 valence electrons. The Morgan fingerprint density at radius 1 is 1.23 bits per heavy atom. The largest absolute Gasteiger partial charge is 0.468 e. The number of aliphatic hydroxyl groups excluding tert-OH is 1. The smallest absolute Gasteiger partial charge is 0.348 e. The molecule has 4 rings (SSSR count). The van der Waals surface area contributed by atoms with Crippen LogP contribution in [0.25, 0.3) is 10.2 Å². The van der Waals surface area contributed by atoms with Crippen molar-refractivity contribution in [3.05, 3.63) is 86.7 Å². The number of ether oxygens (including phenoxy) is 2. The fourth-order valence-electron chi connectivity index (χ4n) is 3.81. The van der Waals surface area contributed by atoms with Crippen LogP contribution in [-0.4, -0.2) is 52.3 Å². The maximum Gasteiger partial charge on any atom is 0.348 e. The minimum absolute atomic E-state index is 0.152. The Morgan fingerprint density at radius 2 is 2.03 bits per heavy atom. The number of aliphatic hydroxyl groups is 1. The van der Waals surface area contributed by atoms with E-state index in [0.717, 1.165) is 16.9 Å². The van der Waals surface area contributed by atoms with E-state index in [-0.39, 0.29) is 25.3 Å². The lowest BCUT2D eigenvalue weighted by Crippen LogP contribution is -2.35. The minimum Gasteiger partial charge on any atom is -0.468 e. The van der Waals surface area contributed by atoms with Crippen LogP contribution in [0.15, 0.2) is 57.9 Å². The quantitative estimate of drug-likeness (QED) is 0.303. The van der Waals surface area contributed by atoms with E-state index in [2.05, 4.69) is 9.97 Å². The van der Waals surface area contributed by atoms with Gasteiger partial charge in [-0.15, -0.1) is 11.3 Å². The average Bonchev–Trinajstić information content (AvgIpc) is 3.47. The van der Waals surface area contributed by atoms with Gasteiger partial charge in [-0.1, -0.05) is 30.3 Å². The molecule has 3 heterocycles. The second kappa shape index (κ2) is 11.4. The predicted molar refractivity (Wildman–Crippen MR) is 131 cm³/mol. The lowest BCUT2D eigenvalue weighted by atomic mass is 10.2. The van der Waals surface area contributed by atoms with Crippen molar-refractivity contribution in [3.63, 3.8) is 0 Å². The van der Waals surface area contributed by atoms with E-state index in [1.54, 1.807) is 19.3 Å². The van der Waals surface area contributed by atoms with E-state index in [9.17, 15) is 14.7 Å². The highest BCUT2D eigenvalue weighted by molar-refractivity contribution is 7.20. The second-order valence-electron chi connectivity index (χ2n) is 8.14. The van der Waals surface area contributed by atoms with Gasteiger partial charge in [0, 0.05) is 6.54 Å². The number of H-pyrrole nitrogens is 1. The molecule has 1 aromatic carbocycles. The normalized spacial score (nSPS) is 12.3. The fourth-order valence-corrected chi connectivity index (χ4v) is 4.93. The lowest BCUT2D eigenvalue weighted by molar-refractivity contribution is 0.00572. The summed E-state index contributed by atoms with van der Waals surface area (Å²) in [5.74, 6) is 0.638. The van der Waals surface area contributed by atoms with Crippen LogP contribution in [-0.2, 0) is 29.2 Å². The summed E-state index contributed by atoms with van der Waals surface area (Å²) in [5.41, 5.74) is 1.26. The summed E-state index contributed by atoms with van der Waals surface area (Å²) in [6.45, 7) is 3.19. The molecule has 0 fully saturated rings. The van der Waals surface area contributed by atoms with E-state index >= 15 is 0 Å². The first-order valence-electron chi connectivity index (χ1n) is 11.1. The van der Waals surface area contributed by atoms with Crippen molar-refractivity contribution in [1.29, 1.82) is 0 Å². The highest BCUT2D eigenvalue weighted by Crippen LogP contribution is 2.27. The molecule has 0 amide bonds. The standard InChI is InChI=1S/C25H27N3O6S/c1-16-21-23(30)26-20(27-24(21)35-22(16)25(31)32-2)13-28(12-19-9-6-10-34-19)11-18(29)15-33-14-17-7-4-3-5-8-17/h3-10,18,29H,11-15H2,1-2H3,(H,26,27,30)/t18-/m1/s1. The SMILES string of the molecule is COC(=O)c1sc2nc(CN(Cc3ccco3)C[C@@H](O)COCc3ccccc3)[nH]c(=O)c2c1C. The molecule has 9 nitrogen and oxygen atoms in total. The van der Waals surface area contributed by atoms with Crippen LogP contribution in [0.4, 0.5) is 0 Å². The summed E-state index contributed by atoms with van der Waals surface area (Å²) >= 11 is 1.13.